The summed E-state index contributed by atoms with van der Waals surface area (Å²) in [7, 11) is 0. The molecule has 1 aliphatic heterocycles. The Morgan fingerprint density at radius 2 is 1.68 bits per heavy atom. The van der Waals surface area contributed by atoms with Gasteiger partial charge in [-0.3, -0.25) is 19.3 Å². The van der Waals surface area contributed by atoms with Crippen LogP contribution in [0.1, 0.15) is 16.7 Å². The lowest BCUT2D eigenvalue weighted by molar-refractivity contribution is -0.123. The van der Waals surface area contributed by atoms with Gasteiger partial charge < -0.3 is 10.1 Å². The highest BCUT2D eigenvalue weighted by atomic mass is 79.9. The number of hydrogen-bond donors (Lipinski definition) is 1. The molecule has 0 saturated carbocycles. The molecule has 0 bridgehead atoms. The van der Waals surface area contributed by atoms with Crippen molar-refractivity contribution in [2.45, 2.75) is 13.5 Å². The van der Waals surface area contributed by atoms with Gasteiger partial charge in [0.2, 0.25) is 0 Å². The third-order valence-electron chi connectivity index (χ3n) is 5.01. The number of ether oxygens (including phenoxy) is 1. The molecule has 1 fully saturated rings. The number of anilines is 1. The molecule has 6 nitrogen and oxygen atoms in total. The first-order valence-electron chi connectivity index (χ1n) is 10.5. The minimum absolute atomic E-state index is 0.123. The number of aryl methyl sites for hydroxylation is 1. The maximum atomic E-state index is 12.7. The second-order valence-electron chi connectivity index (χ2n) is 7.67. The zero-order valence-electron chi connectivity index (χ0n) is 18.3. The molecule has 3 aromatic rings. The highest BCUT2D eigenvalue weighted by Gasteiger charge is 2.34. The van der Waals surface area contributed by atoms with Gasteiger partial charge in [-0.05, 0) is 72.3 Å². The van der Waals surface area contributed by atoms with Crippen LogP contribution in [0.25, 0.3) is 6.08 Å². The molecule has 1 N–H and O–H groups in total. The fourth-order valence-corrected chi connectivity index (χ4v) is 4.31. The number of nitrogens with one attached hydrogen (secondary N) is 1. The number of benzene rings is 3. The summed E-state index contributed by atoms with van der Waals surface area (Å²) in [6.45, 7) is 2.09. The second-order valence-corrected chi connectivity index (χ2v) is 9.58. The first-order chi connectivity index (χ1) is 16.4. The second kappa shape index (κ2) is 10.7. The lowest BCUT2D eigenvalue weighted by Gasteiger charge is -2.12. The van der Waals surface area contributed by atoms with Crippen LogP contribution < -0.4 is 10.1 Å². The molecule has 1 saturated heterocycles. The standard InChI is InChI=1S/C26H21BrN2O4S/c1-17-2-10-21(11-3-17)28-24(30)16-33-22-12-6-18(7-13-22)14-23-25(31)29(26(32)34-23)15-19-4-8-20(27)9-5-19/h2-14H,15-16H2,1H3,(H,28,30)/b23-14-. The minimum atomic E-state index is -0.314. The zero-order chi connectivity index (χ0) is 24.1. The molecule has 0 radical (unpaired) electrons. The average Bonchev–Trinajstić information content (AvgIpc) is 3.09. The van der Waals surface area contributed by atoms with Gasteiger partial charge >= 0.3 is 0 Å². The van der Waals surface area contributed by atoms with E-state index in [-0.39, 0.29) is 30.2 Å². The summed E-state index contributed by atoms with van der Waals surface area (Å²) in [4.78, 5) is 38.8. The summed E-state index contributed by atoms with van der Waals surface area (Å²) < 4.78 is 6.48. The van der Waals surface area contributed by atoms with Gasteiger partial charge in [0, 0.05) is 10.2 Å². The smallest absolute Gasteiger partial charge is 0.293 e. The predicted octanol–water partition coefficient (Wildman–Crippen LogP) is 6.01. The van der Waals surface area contributed by atoms with Crippen molar-refractivity contribution in [3.63, 3.8) is 0 Å². The Morgan fingerprint density at radius 3 is 2.35 bits per heavy atom. The van der Waals surface area contributed by atoms with Crippen LogP contribution in [0, 0.1) is 6.92 Å². The SMILES string of the molecule is Cc1ccc(NC(=O)COc2ccc(/C=C3\SC(=O)N(Cc4ccc(Br)cc4)C3=O)cc2)cc1. The Kier molecular flexibility index (Phi) is 7.49. The molecule has 0 aliphatic carbocycles. The number of amides is 3. The van der Waals surface area contributed by atoms with E-state index in [1.54, 1.807) is 30.3 Å². The molecule has 1 aliphatic rings. The van der Waals surface area contributed by atoms with Gasteiger partial charge in [-0.2, -0.15) is 0 Å². The van der Waals surface area contributed by atoms with E-state index >= 15 is 0 Å². The van der Waals surface area contributed by atoms with Crippen LogP contribution in [0.15, 0.2) is 82.2 Å². The number of rotatable bonds is 7. The number of halogens is 1. The Labute approximate surface area is 210 Å². The van der Waals surface area contributed by atoms with E-state index in [1.807, 2.05) is 55.5 Å². The lowest BCUT2D eigenvalue weighted by atomic mass is 10.2. The van der Waals surface area contributed by atoms with Crippen molar-refractivity contribution in [3.8, 4) is 5.75 Å². The van der Waals surface area contributed by atoms with E-state index in [1.165, 1.54) is 4.90 Å². The zero-order valence-corrected chi connectivity index (χ0v) is 20.7. The van der Waals surface area contributed by atoms with Crippen molar-refractivity contribution in [1.82, 2.24) is 4.90 Å². The van der Waals surface area contributed by atoms with Crippen LogP contribution in [-0.2, 0) is 16.1 Å². The third-order valence-corrected chi connectivity index (χ3v) is 6.45. The average molecular weight is 537 g/mol. The molecule has 1 heterocycles. The number of carbonyl (C=O) groups excluding carboxylic acids is 3. The van der Waals surface area contributed by atoms with Crippen LogP contribution in [0.5, 0.6) is 5.75 Å². The molecule has 34 heavy (non-hydrogen) atoms. The summed E-state index contributed by atoms with van der Waals surface area (Å²) in [6, 6.07) is 22.0. The highest BCUT2D eigenvalue weighted by Crippen LogP contribution is 2.33. The van der Waals surface area contributed by atoms with Gasteiger partial charge in [-0.1, -0.05) is 57.9 Å². The van der Waals surface area contributed by atoms with E-state index in [4.69, 9.17) is 4.74 Å². The minimum Gasteiger partial charge on any atom is -0.484 e. The van der Waals surface area contributed by atoms with Gasteiger partial charge in [0.1, 0.15) is 5.75 Å². The van der Waals surface area contributed by atoms with Gasteiger partial charge in [0.05, 0.1) is 11.4 Å². The molecule has 172 valence electrons. The molecular formula is C26H21BrN2O4S. The van der Waals surface area contributed by atoms with Crippen molar-refractivity contribution in [3.05, 3.63) is 98.9 Å². The van der Waals surface area contributed by atoms with Crippen molar-refractivity contribution in [1.29, 1.82) is 0 Å². The molecule has 8 heteroatoms. The molecule has 0 atom stereocenters. The molecular weight excluding hydrogens is 516 g/mol. The number of imide groups is 1. The number of thioether (sulfide) groups is 1. The first-order valence-corrected chi connectivity index (χ1v) is 12.1. The maximum absolute atomic E-state index is 12.7. The highest BCUT2D eigenvalue weighted by molar-refractivity contribution is 9.10. The van der Waals surface area contributed by atoms with Gasteiger partial charge in [0.15, 0.2) is 6.61 Å². The molecule has 0 spiro atoms. The van der Waals surface area contributed by atoms with Crippen molar-refractivity contribution in [2.24, 2.45) is 0 Å². The number of carbonyl (C=O) groups is 3. The van der Waals surface area contributed by atoms with Crippen molar-refractivity contribution in [2.75, 3.05) is 11.9 Å². The molecule has 4 rings (SSSR count). The molecule has 0 unspecified atom stereocenters. The van der Waals surface area contributed by atoms with Gasteiger partial charge in [-0.25, -0.2) is 0 Å². The fourth-order valence-electron chi connectivity index (χ4n) is 3.20. The first kappa shape index (κ1) is 23.8. The largest absolute Gasteiger partial charge is 0.484 e. The summed E-state index contributed by atoms with van der Waals surface area (Å²) in [5, 5.41) is 2.49. The monoisotopic (exact) mass is 536 g/mol. The Bertz CT molecular complexity index is 1240. The predicted molar refractivity (Wildman–Crippen MR) is 137 cm³/mol. The molecule has 0 aromatic heterocycles. The van der Waals surface area contributed by atoms with Crippen LogP contribution >= 0.6 is 27.7 Å². The van der Waals surface area contributed by atoms with E-state index in [9.17, 15) is 14.4 Å². The maximum Gasteiger partial charge on any atom is 0.293 e. The topological polar surface area (TPSA) is 75.7 Å². The van der Waals surface area contributed by atoms with Crippen LogP contribution in [-0.4, -0.2) is 28.6 Å². The quantitative estimate of drug-likeness (QED) is 0.374. The Hall–Kier alpha value is -3.36. The summed E-state index contributed by atoms with van der Waals surface area (Å²) >= 11 is 4.30. The van der Waals surface area contributed by atoms with Crippen LogP contribution in [0.4, 0.5) is 10.5 Å². The van der Waals surface area contributed by atoms with E-state index < -0.39 is 0 Å². The van der Waals surface area contributed by atoms with Crippen molar-refractivity contribution < 1.29 is 19.1 Å². The van der Waals surface area contributed by atoms with Crippen LogP contribution in [0.2, 0.25) is 0 Å². The summed E-state index contributed by atoms with van der Waals surface area (Å²) in [6.07, 6.45) is 1.68. The van der Waals surface area contributed by atoms with Crippen molar-refractivity contribution >= 4 is 56.5 Å². The van der Waals surface area contributed by atoms with E-state index in [0.29, 0.717) is 16.3 Å². The molecule has 3 aromatic carbocycles. The Balaban J connectivity index is 1.33. The number of hydrogen-bond acceptors (Lipinski definition) is 5. The number of nitrogens with zero attached hydrogens (tertiary/aromatic N) is 1. The van der Waals surface area contributed by atoms with E-state index in [0.717, 1.165) is 32.9 Å². The normalized spacial score (nSPS) is 14.5. The fraction of sp³-hybridized carbons (Fsp3) is 0.115. The third kappa shape index (κ3) is 6.15. The molecule has 3 amide bonds. The van der Waals surface area contributed by atoms with Gasteiger partial charge in [-0.15, -0.1) is 0 Å². The van der Waals surface area contributed by atoms with Gasteiger partial charge in [0.25, 0.3) is 17.1 Å². The lowest BCUT2D eigenvalue weighted by Crippen LogP contribution is -2.27. The Morgan fingerprint density at radius 1 is 1.00 bits per heavy atom. The van der Waals surface area contributed by atoms with E-state index in [2.05, 4.69) is 21.2 Å². The summed E-state index contributed by atoms with van der Waals surface area (Å²) in [5.41, 5.74) is 3.46. The van der Waals surface area contributed by atoms with Crippen LogP contribution in [0.3, 0.4) is 0 Å². The summed E-state index contributed by atoms with van der Waals surface area (Å²) in [5.74, 6) is -0.0436.